The molecule has 2 aromatic rings. The van der Waals surface area contributed by atoms with Gasteiger partial charge >= 0.3 is 11.8 Å². The molecular formula is C17H20N2O4. The lowest BCUT2D eigenvalue weighted by molar-refractivity contribution is -0.136. The van der Waals surface area contributed by atoms with E-state index in [4.69, 9.17) is 4.42 Å². The van der Waals surface area contributed by atoms with Gasteiger partial charge in [0.25, 0.3) is 0 Å². The van der Waals surface area contributed by atoms with Crippen molar-refractivity contribution < 1.29 is 19.1 Å². The first-order valence-corrected chi connectivity index (χ1v) is 7.42. The van der Waals surface area contributed by atoms with E-state index in [9.17, 15) is 14.7 Å². The molecule has 1 unspecified atom stereocenters. The summed E-state index contributed by atoms with van der Waals surface area (Å²) in [6.45, 7) is 3.62. The predicted molar refractivity (Wildman–Crippen MR) is 85.9 cm³/mol. The van der Waals surface area contributed by atoms with Crippen molar-refractivity contribution in [3.8, 4) is 0 Å². The minimum atomic E-state index is -0.997. The van der Waals surface area contributed by atoms with E-state index < -0.39 is 17.9 Å². The minimum Gasteiger partial charge on any atom is -0.464 e. The van der Waals surface area contributed by atoms with Gasteiger partial charge in [-0.1, -0.05) is 25.1 Å². The van der Waals surface area contributed by atoms with Crippen LogP contribution in [0.2, 0.25) is 0 Å². The predicted octanol–water partition coefficient (Wildman–Crippen LogP) is 1.94. The molecule has 23 heavy (non-hydrogen) atoms. The maximum absolute atomic E-state index is 11.9. The third-order valence-corrected chi connectivity index (χ3v) is 3.40. The Morgan fingerprint density at radius 1 is 1.17 bits per heavy atom. The van der Waals surface area contributed by atoms with E-state index in [1.54, 1.807) is 31.2 Å². The highest BCUT2D eigenvalue weighted by atomic mass is 16.4. The molecule has 122 valence electrons. The number of furan rings is 1. The number of aliphatic hydroxyl groups excluding tert-OH is 1. The molecule has 6 heteroatoms. The molecule has 0 aliphatic carbocycles. The molecule has 1 heterocycles. The molecule has 2 rings (SSSR count). The largest absolute Gasteiger partial charge is 0.464 e. The lowest BCUT2D eigenvalue weighted by atomic mass is 10.1. The fourth-order valence-corrected chi connectivity index (χ4v) is 2.13. The van der Waals surface area contributed by atoms with Crippen molar-refractivity contribution >= 4 is 17.5 Å². The first-order valence-electron chi connectivity index (χ1n) is 7.42. The molecule has 2 amide bonds. The molecule has 0 radical (unpaired) electrons. The van der Waals surface area contributed by atoms with Gasteiger partial charge in [-0.05, 0) is 37.1 Å². The Balaban J connectivity index is 1.89. The van der Waals surface area contributed by atoms with E-state index in [-0.39, 0.29) is 6.54 Å². The lowest BCUT2D eigenvalue weighted by Gasteiger charge is -2.11. The van der Waals surface area contributed by atoms with Crippen LogP contribution >= 0.6 is 0 Å². The molecule has 0 aliphatic rings. The number of carbonyl (C=O) groups is 2. The van der Waals surface area contributed by atoms with Gasteiger partial charge < -0.3 is 20.2 Å². The zero-order valence-electron chi connectivity index (χ0n) is 13.1. The maximum Gasteiger partial charge on any atom is 0.313 e. The van der Waals surface area contributed by atoms with Crippen LogP contribution in [0.4, 0.5) is 5.69 Å². The Kier molecular flexibility index (Phi) is 5.54. The summed E-state index contributed by atoms with van der Waals surface area (Å²) in [5, 5.41) is 14.9. The minimum absolute atomic E-state index is 0.103. The van der Waals surface area contributed by atoms with Gasteiger partial charge in [0.2, 0.25) is 0 Å². The lowest BCUT2D eigenvalue weighted by Crippen LogP contribution is -2.37. The number of aliphatic hydroxyl groups is 1. The Labute approximate surface area is 134 Å². The maximum atomic E-state index is 11.9. The van der Waals surface area contributed by atoms with Gasteiger partial charge in [0.1, 0.15) is 17.6 Å². The molecule has 0 aliphatic heterocycles. The Morgan fingerprint density at radius 2 is 1.91 bits per heavy atom. The van der Waals surface area contributed by atoms with E-state index in [0.29, 0.717) is 17.2 Å². The average Bonchev–Trinajstić information content (AvgIpc) is 2.99. The Bertz CT molecular complexity index is 693. The van der Waals surface area contributed by atoms with E-state index in [2.05, 4.69) is 10.6 Å². The van der Waals surface area contributed by atoms with Gasteiger partial charge in [-0.2, -0.15) is 0 Å². The molecule has 0 saturated carbocycles. The second-order valence-corrected chi connectivity index (χ2v) is 5.14. The van der Waals surface area contributed by atoms with Crippen molar-refractivity contribution in [2.45, 2.75) is 26.4 Å². The number of benzene rings is 1. The monoisotopic (exact) mass is 316 g/mol. The Morgan fingerprint density at radius 3 is 2.57 bits per heavy atom. The fraction of sp³-hybridized carbons (Fsp3) is 0.294. The van der Waals surface area contributed by atoms with Crippen LogP contribution in [-0.4, -0.2) is 23.5 Å². The van der Waals surface area contributed by atoms with Crippen molar-refractivity contribution in [3.05, 3.63) is 53.5 Å². The number of hydrogen-bond acceptors (Lipinski definition) is 4. The van der Waals surface area contributed by atoms with Crippen LogP contribution in [-0.2, 0) is 16.0 Å². The fourth-order valence-electron chi connectivity index (χ4n) is 2.13. The molecule has 1 aromatic heterocycles. The van der Waals surface area contributed by atoms with Gasteiger partial charge in [0.05, 0.1) is 6.54 Å². The summed E-state index contributed by atoms with van der Waals surface area (Å²) in [5.41, 5.74) is 1.55. The summed E-state index contributed by atoms with van der Waals surface area (Å²) >= 11 is 0. The van der Waals surface area contributed by atoms with Crippen LogP contribution in [0.15, 0.2) is 40.8 Å². The summed E-state index contributed by atoms with van der Waals surface area (Å²) < 4.78 is 5.26. The topological polar surface area (TPSA) is 91.6 Å². The van der Waals surface area contributed by atoms with Crippen molar-refractivity contribution in [1.29, 1.82) is 0 Å². The molecular weight excluding hydrogens is 296 g/mol. The number of carbonyl (C=O) groups excluding carboxylic acids is 2. The van der Waals surface area contributed by atoms with E-state index >= 15 is 0 Å². The van der Waals surface area contributed by atoms with Crippen LogP contribution in [0.5, 0.6) is 0 Å². The molecule has 0 saturated heterocycles. The van der Waals surface area contributed by atoms with E-state index in [1.807, 2.05) is 19.1 Å². The summed E-state index contributed by atoms with van der Waals surface area (Å²) in [5.74, 6) is -0.564. The van der Waals surface area contributed by atoms with Crippen LogP contribution < -0.4 is 10.6 Å². The Hall–Kier alpha value is -2.60. The van der Waals surface area contributed by atoms with Crippen molar-refractivity contribution in [2.75, 3.05) is 11.9 Å². The number of rotatable bonds is 5. The van der Waals surface area contributed by atoms with Crippen molar-refractivity contribution in [3.63, 3.8) is 0 Å². The van der Waals surface area contributed by atoms with Crippen LogP contribution in [0.3, 0.4) is 0 Å². The third-order valence-electron chi connectivity index (χ3n) is 3.40. The standard InChI is InChI=1S/C17H20N2O4/c1-3-12-6-4-5-7-13(12)19-17(22)16(21)18-10-14(20)15-9-8-11(2)23-15/h4-9,14,20H,3,10H2,1-2H3,(H,18,21)(H,19,22). The smallest absolute Gasteiger partial charge is 0.313 e. The molecule has 0 bridgehead atoms. The van der Waals surface area contributed by atoms with Crippen molar-refractivity contribution in [2.24, 2.45) is 0 Å². The highest BCUT2D eigenvalue weighted by molar-refractivity contribution is 6.39. The summed E-state index contributed by atoms with van der Waals surface area (Å²) in [6.07, 6.45) is -0.252. The summed E-state index contributed by atoms with van der Waals surface area (Å²) in [6, 6.07) is 10.6. The van der Waals surface area contributed by atoms with Crippen LogP contribution in [0.25, 0.3) is 0 Å². The molecule has 1 atom stereocenters. The number of anilines is 1. The number of nitrogens with one attached hydrogen (secondary N) is 2. The molecule has 0 spiro atoms. The number of hydrogen-bond donors (Lipinski definition) is 3. The third kappa shape index (κ3) is 4.43. The van der Waals surface area contributed by atoms with E-state index in [1.165, 1.54) is 0 Å². The quantitative estimate of drug-likeness (QED) is 0.735. The first kappa shape index (κ1) is 16.8. The van der Waals surface area contributed by atoms with Gasteiger partial charge in [-0.3, -0.25) is 9.59 Å². The van der Waals surface area contributed by atoms with E-state index in [0.717, 1.165) is 12.0 Å². The molecule has 1 aromatic carbocycles. The second-order valence-electron chi connectivity index (χ2n) is 5.14. The zero-order valence-corrected chi connectivity index (χ0v) is 13.1. The highest BCUT2D eigenvalue weighted by Crippen LogP contribution is 2.16. The SMILES string of the molecule is CCc1ccccc1NC(=O)C(=O)NCC(O)c1ccc(C)o1. The molecule has 3 N–H and O–H groups in total. The normalized spacial score (nSPS) is 11.8. The number of aryl methyl sites for hydroxylation is 2. The van der Waals surface area contributed by atoms with Gasteiger partial charge in [-0.15, -0.1) is 0 Å². The summed E-state index contributed by atoms with van der Waals surface area (Å²) in [4.78, 5) is 23.7. The number of para-hydroxylation sites is 1. The average molecular weight is 316 g/mol. The molecule has 6 nitrogen and oxygen atoms in total. The van der Waals surface area contributed by atoms with Crippen molar-refractivity contribution in [1.82, 2.24) is 5.32 Å². The zero-order chi connectivity index (χ0) is 16.8. The molecule has 0 fully saturated rings. The van der Waals surface area contributed by atoms with Crippen LogP contribution in [0, 0.1) is 6.92 Å². The van der Waals surface area contributed by atoms with Crippen LogP contribution in [0.1, 0.15) is 30.1 Å². The highest BCUT2D eigenvalue weighted by Gasteiger charge is 2.18. The van der Waals surface area contributed by atoms with Gasteiger partial charge in [-0.25, -0.2) is 0 Å². The van der Waals surface area contributed by atoms with Gasteiger partial charge in [0.15, 0.2) is 0 Å². The second kappa shape index (κ2) is 7.60. The van der Waals surface area contributed by atoms with Gasteiger partial charge in [0, 0.05) is 5.69 Å². The summed E-state index contributed by atoms with van der Waals surface area (Å²) in [7, 11) is 0. The number of amides is 2. The first-order chi connectivity index (χ1) is 11.0.